The molecule has 0 fully saturated rings. The Morgan fingerprint density at radius 3 is 2.19 bits per heavy atom. The third-order valence-electron chi connectivity index (χ3n) is 2.66. The van der Waals surface area contributed by atoms with Crippen molar-refractivity contribution in [2.75, 3.05) is 7.11 Å². The van der Waals surface area contributed by atoms with Gasteiger partial charge in [0.2, 0.25) is 0 Å². The molecule has 0 amide bonds. The first kappa shape index (κ1) is 15.8. The standard InChI is InChI=1S/C15H10Cl3NO2/c1-21-15(20)10-4-2-9(3-5-10)8-19-14-12(17)6-11(16)7-13(14)18/h2-8H,1H3. The predicted octanol–water partition coefficient (Wildman–Crippen LogP) is 5.18. The van der Waals surface area contributed by atoms with E-state index in [2.05, 4.69) is 9.73 Å². The predicted molar refractivity (Wildman–Crippen MR) is 86.5 cm³/mol. The third-order valence-corrected chi connectivity index (χ3v) is 3.45. The van der Waals surface area contributed by atoms with E-state index < -0.39 is 0 Å². The van der Waals surface area contributed by atoms with Crippen LogP contribution >= 0.6 is 34.8 Å². The summed E-state index contributed by atoms with van der Waals surface area (Å²) in [4.78, 5) is 15.6. The normalized spacial score (nSPS) is 10.9. The summed E-state index contributed by atoms with van der Waals surface area (Å²) in [5.74, 6) is -0.387. The van der Waals surface area contributed by atoms with E-state index in [9.17, 15) is 4.79 Å². The van der Waals surface area contributed by atoms with Crippen LogP contribution in [0.1, 0.15) is 15.9 Å². The number of methoxy groups -OCH3 is 1. The first-order valence-corrected chi connectivity index (χ1v) is 7.01. The van der Waals surface area contributed by atoms with E-state index in [1.54, 1.807) is 42.6 Å². The van der Waals surface area contributed by atoms with Gasteiger partial charge in [-0.2, -0.15) is 0 Å². The van der Waals surface area contributed by atoms with Gasteiger partial charge in [-0.15, -0.1) is 0 Å². The fraction of sp³-hybridized carbons (Fsp3) is 0.0667. The molecule has 0 atom stereocenters. The SMILES string of the molecule is COC(=O)c1ccc(C=Nc2c(Cl)cc(Cl)cc2Cl)cc1. The van der Waals surface area contributed by atoms with Crippen LogP contribution in [0.2, 0.25) is 15.1 Å². The summed E-state index contributed by atoms with van der Waals surface area (Å²) in [7, 11) is 1.34. The summed E-state index contributed by atoms with van der Waals surface area (Å²) >= 11 is 17.9. The fourth-order valence-electron chi connectivity index (χ4n) is 1.62. The van der Waals surface area contributed by atoms with Crippen molar-refractivity contribution in [2.45, 2.75) is 0 Å². The van der Waals surface area contributed by atoms with Gasteiger partial charge in [-0.1, -0.05) is 46.9 Å². The number of ether oxygens (including phenoxy) is 1. The molecule has 108 valence electrons. The van der Waals surface area contributed by atoms with Gasteiger partial charge < -0.3 is 4.74 Å². The lowest BCUT2D eigenvalue weighted by Crippen LogP contribution is -2.00. The minimum atomic E-state index is -0.387. The zero-order valence-electron chi connectivity index (χ0n) is 10.9. The van der Waals surface area contributed by atoms with E-state index in [0.29, 0.717) is 26.3 Å². The number of carbonyl (C=O) groups excluding carboxylic acids is 1. The zero-order valence-corrected chi connectivity index (χ0v) is 13.2. The maximum atomic E-state index is 11.3. The molecule has 0 N–H and O–H groups in total. The highest BCUT2D eigenvalue weighted by Crippen LogP contribution is 2.35. The van der Waals surface area contributed by atoms with Crippen LogP contribution in [-0.4, -0.2) is 19.3 Å². The lowest BCUT2D eigenvalue weighted by atomic mass is 10.1. The molecule has 0 heterocycles. The molecule has 0 aromatic heterocycles. The molecule has 2 rings (SSSR count). The minimum Gasteiger partial charge on any atom is -0.465 e. The Morgan fingerprint density at radius 2 is 1.67 bits per heavy atom. The van der Waals surface area contributed by atoms with Crippen molar-refractivity contribution >= 4 is 52.7 Å². The van der Waals surface area contributed by atoms with Crippen molar-refractivity contribution in [1.82, 2.24) is 0 Å². The van der Waals surface area contributed by atoms with Crippen molar-refractivity contribution in [1.29, 1.82) is 0 Å². The maximum absolute atomic E-state index is 11.3. The summed E-state index contributed by atoms with van der Waals surface area (Å²) < 4.78 is 4.63. The Kier molecular flexibility index (Phi) is 5.23. The number of aliphatic imine (C=N–C) groups is 1. The van der Waals surface area contributed by atoms with Gasteiger partial charge in [0.15, 0.2) is 0 Å². The number of rotatable bonds is 3. The van der Waals surface area contributed by atoms with E-state index in [-0.39, 0.29) is 5.97 Å². The molecule has 0 spiro atoms. The molecule has 0 aliphatic rings. The molecular formula is C15H10Cl3NO2. The number of nitrogens with zero attached hydrogens (tertiary/aromatic N) is 1. The van der Waals surface area contributed by atoms with Gasteiger partial charge in [-0.25, -0.2) is 4.79 Å². The summed E-state index contributed by atoms with van der Waals surface area (Å²) in [6.45, 7) is 0. The van der Waals surface area contributed by atoms with Crippen LogP contribution < -0.4 is 0 Å². The number of halogens is 3. The molecule has 0 unspecified atom stereocenters. The van der Waals surface area contributed by atoms with E-state index in [4.69, 9.17) is 34.8 Å². The maximum Gasteiger partial charge on any atom is 0.337 e. The summed E-state index contributed by atoms with van der Waals surface area (Å²) in [5, 5.41) is 1.19. The topological polar surface area (TPSA) is 38.7 Å². The molecule has 6 heteroatoms. The van der Waals surface area contributed by atoms with Crippen LogP contribution in [0.15, 0.2) is 41.4 Å². The van der Waals surface area contributed by atoms with Crippen LogP contribution in [0.3, 0.4) is 0 Å². The van der Waals surface area contributed by atoms with Crippen molar-refractivity contribution in [3.8, 4) is 0 Å². The van der Waals surface area contributed by atoms with E-state index >= 15 is 0 Å². The molecule has 0 aliphatic carbocycles. The molecule has 0 radical (unpaired) electrons. The average Bonchev–Trinajstić information content (AvgIpc) is 2.46. The lowest BCUT2D eigenvalue weighted by molar-refractivity contribution is 0.0601. The van der Waals surface area contributed by atoms with Gasteiger partial charge in [0.1, 0.15) is 5.69 Å². The Hall–Kier alpha value is -1.55. The molecule has 2 aromatic rings. The van der Waals surface area contributed by atoms with Gasteiger partial charge in [0.05, 0.1) is 22.7 Å². The minimum absolute atomic E-state index is 0.370. The van der Waals surface area contributed by atoms with Crippen LogP contribution in [0.4, 0.5) is 5.69 Å². The second-order valence-corrected chi connectivity index (χ2v) is 5.34. The summed E-state index contributed by atoms with van der Waals surface area (Å²) in [6, 6.07) is 9.93. The van der Waals surface area contributed by atoms with Gasteiger partial charge in [-0.05, 0) is 29.8 Å². The third kappa shape index (κ3) is 3.97. The van der Waals surface area contributed by atoms with Crippen LogP contribution in [0.25, 0.3) is 0 Å². The smallest absolute Gasteiger partial charge is 0.337 e. The van der Waals surface area contributed by atoms with E-state index in [1.165, 1.54) is 7.11 Å². The largest absolute Gasteiger partial charge is 0.465 e. The Bertz CT molecular complexity index is 674. The molecule has 0 saturated heterocycles. The first-order valence-electron chi connectivity index (χ1n) is 5.88. The molecular weight excluding hydrogens is 333 g/mol. The first-order chi connectivity index (χ1) is 10.0. The molecule has 0 bridgehead atoms. The highest BCUT2D eigenvalue weighted by atomic mass is 35.5. The van der Waals surface area contributed by atoms with Crippen LogP contribution in [-0.2, 0) is 4.74 Å². The molecule has 2 aromatic carbocycles. The number of benzene rings is 2. The van der Waals surface area contributed by atoms with Crippen LogP contribution in [0.5, 0.6) is 0 Å². The zero-order chi connectivity index (χ0) is 15.4. The van der Waals surface area contributed by atoms with Crippen LogP contribution in [0, 0.1) is 0 Å². The Labute approximate surface area is 137 Å². The second kappa shape index (κ2) is 6.94. The van der Waals surface area contributed by atoms with Gasteiger partial charge in [-0.3, -0.25) is 4.99 Å². The Balaban J connectivity index is 2.24. The van der Waals surface area contributed by atoms with Crippen molar-refractivity contribution in [3.63, 3.8) is 0 Å². The molecule has 0 aliphatic heterocycles. The molecule has 3 nitrogen and oxygen atoms in total. The number of carbonyl (C=O) groups is 1. The number of hydrogen-bond acceptors (Lipinski definition) is 3. The summed E-state index contributed by atoms with van der Waals surface area (Å²) in [5.41, 5.74) is 1.71. The van der Waals surface area contributed by atoms with Gasteiger partial charge in [0, 0.05) is 11.2 Å². The highest BCUT2D eigenvalue weighted by Gasteiger charge is 2.06. The van der Waals surface area contributed by atoms with E-state index in [0.717, 1.165) is 5.56 Å². The van der Waals surface area contributed by atoms with E-state index in [1.807, 2.05) is 0 Å². The summed E-state index contributed by atoms with van der Waals surface area (Å²) in [6.07, 6.45) is 1.60. The van der Waals surface area contributed by atoms with Crippen molar-refractivity contribution < 1.29 is 9.53 Å². The average molecular weight is 343 g/mol. The molecule has 21 heavy (non-hydrogen) atoms. The quantitative estimate of drug-likeness (QED) is 0.569. The monoisotopic (exact) mass is 341 g/mol. The lowest BCUT2D eigenvalue weighted by Gasteiger charge is -2.02. The molecule has 0 saturated carbocycles. The van der Waals surface area contributed by atoms with Gasteiger partial charge in [0.25, 0.3) is 0 Å². The number of hydrogen-bond donors (Lipinski definition) is 0. The van der Waals surface area contributed by atoms with Crippen molar-refractivity contribution in [2.24, 2.45) is 4.99 Å². The fourth-order valence-corrected chi connectivity index (χ4v) is 2.53. The second-order valence-electron chi connectivity index (χ2n) is 4.09. The Morgan fingerprint density at radius 1 is 1.10 bits per heavy atom. The highest BCUT2D eigenvalue weighted by molar-refractivity contribution is 6.41. The van der Waals surface area contributed by atoms with Crippen molar-refractivity contribution in [3.05, 3.63) is 62.6 Å². The van der Waals surface area contributed by atoms with Gasteiger partial charge >= 0.3 is 5.97 Å². The number of esters is 1.